The molecule has 2 heteroatoms. The average Bonchev–Trinajstić information content (AvgIpc) is 2.05. The monoisotopic (exact) mass is 149 g/mol. The van der Waals surface area contributed by atoms with Crippen molar-refractivity contribution in [2.24, 2.45) is 0 Å². The Morgan fingerprint density at radius 3 is 3.20 bits per heavy atom. The summed E-state index contributed by atoms with van der Waals surface area (Å²) >= 11 is 1.68. The van der Waals surface area contributed by atoms with E-state index in [1.165, 1.54) is 10.6 Å². The molecule has 1 N–H and O–H groups in total. The maximum absolute atomic E-state index is 3.23. The molecule has 0 amide bonds. The van der Waals surface area contributed by atoms with Crippen LogP contribution in [0.2, 0.25) is 0 Å². The molecule has 2 radical (unpaired) electrons. The lowest BCUT2D eigenvalue weighted by Crippen LogP contribution is -2.05. The van der Waals surface area contributed by atoms with Gasteiger partial charge in [-0.3, -0.25) is 0 Å². The molecule has 1 aliphatic heterocycles. The van der Waals surface area contributed by atoms with Crippen molar-refractivity contribution in [1.82, 2.24) is 0 Å². The fourth-order valence-electron chi connectivity index (χ4n) is 0.947. The van der Waals surface area contributed by atoms with Crippen LogP contribution in [-0.2, 0) is 0 Å². The zero-order chi connectivity index (χ0) is 6.81. The van der Waals surface area contributed by atoms with Crippen molar-refractivity contribution in [3.8, 4) is 0 Å². The number of anilines is 1. The predicted molar refractivity (Wildman–Crippen MR) is 44.0 cm³/mol. The van der Waals surface area contributed by atoms with Crippen LogP contribution in [0.3, 0.4) is 0 Å². The molecule has 1 heterocycles. The lowest BCUT2D eigenvalue weighted by atomic mass is 10.3. The van der Waals surface area contributed by atoms with Crippen molar-refractivity contribution >= 4 is 17.4 Å². The molecule has 0 bridgehead atoms. The minimum atomic E-state index is 0.849. The number of rotatable bonds is 0. The lowest BCUT2D eigenvalue weighted by Gasteiger charge is -2.15. The first-order valence-electron chi connectivity index (χ1n) is 3.19. The highest BCUT2D eigenvalue weighted by Gasteiger charge is 2.06. The largest absolute Gasteiger partial charge is 0.383 e. The van der Waals surface area contributed by atoms with Crippen LogP contribution in [0, 0.1) is 5.75 Å². The zero-order valence-electron chi connectivity index (χ0n) is 5.42. The van der Waals surface area contributed by atoms with Crippen molar-refractivity contribution in [1.29, 1.82) is 0 Å². The van der Waals surface area contributed by atoms with Crippen molar-refractivity contribution in [3.05, 3.63) is 30.0 Å². The number of hydrogen-bond acceptors (Lipinski definition) is 2. The van der Waals surface area contributed by atoms with Crippen LogP contribution >= 0.6 is 11.8 Å². The van der Waals surface area contributed by atoms with Gasteiger partial charge in [0.05, 0.1) is 5.75 Å². The van der Waals surface area contributed by atoms with Crippen LogP contribution in [-0.4, -0.2) is 6.54 Å². The van der Waals surface area contributed by atoms with Crippen molar-refractivity contribution < 1.29 is 0 Å². The Labute approximate surface area is 64.8 Å². The van der Waals surface area contributed by atoms with Crippen LogP contribution in [0.1, 0.15) is 0 Å². The number of hydrogen-bond donors (Lipinski definition) is 1. The molecule has 10 heavy (non-hydrogen) atoms. The SMILES string of the molecule is [C]1CNc2ccccc2S1. The zero-order valence-corrected chi connectivity index (χ0v) is 6.24. The Kier molecular flexibility index (Phi) is 1.55. The van der Waals surface area contributed by atoms with E-state index < -0.39 is 0 Å². The van der Waals surface area contributed by atoms with Crippen LogP contribution in [0.15, 0.2) is 29.2 Å². The minimum absolute atomic E-state index is 0.849. The van der Waals surface area contributed by atoms with E-state index in [9.17, 15) is 0 Å². The quantitative estimate of drug-likeness (QED) is 0.607. The Balaban J connectivity index is 2.41. The third kappa shape index (κ3) is 0.991. The van der Waals surface area contributed by atoms with Gasteiger partial charge in [0.1, 0.15) is 0 Å². The summed E-state index contributed by atoms with van der Waals surface area (Å²) in [5, 5.41) is 3.23. The van der Waals surface area contributed by atoms with Crippen molar-refractivity contribution in [3.63, 3.8) is 0 Å². The Hall–Kier alpha value is -0.630. The van der Waals surface area contributed by atoms with Crippen molar-refractivity contribution in [2.75, 3.05) is 11.9 Å². The predicted octanol–water partition coefficient (Wildman–Crippen LogP) is 2.24. The van der Waals surface area contributed by atoms with Crippen LogP contribution in [0.5, 0.6) is 0 Å². The molecule has 1 aliphatic rings. The third-order valence-electron chi connectivity index (χ3n) is 1.42. The van der Waals surface area contributed by atoms with E-state index in [2.05, 4.69) is 23.2 Å². The van der Waals surface area contributed by atoms with Gasteiger partial charge in [-0.2, -0.15) is 0 Å². The summed E-state index contributed by atoms with van der Waals surface area (Å²) in [6.07, 6.45) is 0. The molecule has 1 nitrogen and oxygen atoms in total. The molecule has 0 aromatic heterocycles. The molecule has 50 valence electrons. The smallest absolute Gasteiger partial charge is 0.0743 e. The van der Waals surface area contributed by atoms with Gasteiger partial charge in [0.2, 0.25) is 0 Å². The standard InChI is InChI=1S/C8H7NS/c1-2-4-8-7(3-1)9-5-6-10-8/h1-4,9H,5H2. The molecular formula is C8H7NS. The fraction of sp³-hybridized carbons (Fsp3) is 0.125. The summed E-state index contributed by atoms with van der Waals surface area (Å²) in [4.78, 5) is 1.27. The lowest BCUT2D eigenvalue weighted by molar-refractivity contribution is 1.24. The molecule has 0 unspecified atom stereocenters. The summed E-state index contributed by atoms with van der Waals surface area (Å²) in [6, 6.07) is 8.26. The van der Waals surface area contributed by atoms with E-state index >= 15 is 0 Å². The van der Waals surface area contributed by atoms with E-state index in [1.807, 2.05) is 12.1 Å². The summed E-state index contributed by atoms with van der Waals surface area (Å²) in [6.45, 7) is 0.849. The molecule has 2 rings (SSSR count). The molecule has 0 saturated carbocycles. The van der Waals surface area contributed by atoms with E-state index in [0.29, 0.717) is 0 Å². The van der Waals surface area contributed by atoms with Gasteiger partial charge in [-0.05, 0) is 12.1 Å². The van der Waals surface area contributed by atoms with Crippen LogP contribution in [0.25, 0.3) is 0 Å². The van der Waals surface area contributed by atoms with Gasteiger partial charge >= 0.3 is 0 Å². The average molecular weight is 149 g/mol. The third-order valence-corrected chi connectivity index (χ3v) is 2.28. The molecule has 0 saturated heterocycles. The van der Waals surface area contributed by atoms with Crippen LogP contribution < -0.4 is 5.32 Å². The van der Waals surface area contributed by atoms with E-state index in [1.54, 1.807) is 11.8 Å². The van der Waals surface area contributed by atoms with Gasteiger partial charge in [-0.15, -0.1) is 11.8 Å². The van der Waals surface area contributed by atoms with Gasteiger partial charge in [0.25, 0.3) is 0 Å². The van der Waals surface area contributed by atoms with E-state index in [-0.39, 0.29) is 0 Å². The van der Waals surface area contributed by atoms with Gasteiger partial charge < -0.3 is 5.32 Å². The Morgan fingerprint density at radius 2 is 2.30 bits per heavy atom. The highest BCUT2D eigenvalue weighted by atomic mass is 32.2. The molecule has 1 aromatic carbocycles. The number of benzene rings is 1. The number of para-hydroxylation sites is 1. The first-order valence-corrected chi connectivity index (χ1v) is 4.01. The van der Waals surface area contributed by atoms with Crippen LogP contribution in [0.4, 0.5) is 5.69 Å². The highest BCUT2D eigenvalue weighted by molar-refractivity contribution is 8.01. The maximum Gasteiger partial charge on any atom is 0.0743 e. The Bertz CT molecular complexity index is 209. The number of fused-ring (bicyclic) bond motifs is 1. The molecule has 0 aliphatic carbocycles. The first kappa shape index (κ1) is 6.10. The first-order chi connectivity index (χ1) is 4.97. The van der Waals surface area contributed by atoms with Crippen molar-refractivity contribution in [2.45, 2.75) is 4.90 Å². The summed E-state index contributed by atoms with van der Waals surface area (Å²) in [5.74, 6) is 3.15. The van der Waals surface area contributed by atoms with Gasteiger partial charge in [0, 0.05) is 17.1 Å². The molecule has 0 atom stereocenters. The van der Waals surface area contributed by atoms with E-state index in [0.717, 1.165) is 6.54 Å². The molecule has 0 fully saturated rings. The normalized spacial score (nSPS) is 15.6. The second kappa shape index (κ2) is 2.54. The van der Waals surface area contributed by atoms with Gasteiger partial charge in [-0.25, -0.2) is 0 Å². The molecule has 0 spiro atoms. The van der Waals surface area contributed by atoms with E-state index in [4.69, 9.17) is 0 Å². The molecule has 1 aromatic rings. The topological polar surface area (TPSA) is 12.0 Å². The Morgan fingerprint density at radius 1 is 1.40 bits per heavy atom. The highest BCUT2D eigenvalue weighted by Crippen LogP contribution is 2.31. The molecular weight excluding hydrogens is 142 g/mol. The number of thioether (sulfide) groups is 1. The number of nitrogens with one attached hydrogen (secondary N) is 1. The second-order valence-electron chi connectivity index (χ2n) is 2.10. The second-order valence-corrected chi connectivity index (χ2v) is 3.03. The summed E-state index contributed by atoms with van der Waals surface area (Å²) in [5.41, 5.74) is 1.23. The minimum Gasteiger partial charge on any atom is -0.383 e. The van der Waals surface area contributed by atoms with Gasteiger partial charge in [-0.1, -0.05) is 12.1 Å². The fourth-order valence-corrected chi connectivity index (χ4v) is 1.64. The summed E-state index contributed by atoms with van der Waals surface area (Å²) in [7, 11) is 0. The maximum atomic E-state index is 3.23. The van der Waals surface area contributed by atoms with Gasteiger partial charge in [0.15, 0.2) is 0 Å². The summed E-state index contributed by atoms with van der Waals surface area (Å²) < 4.78 is 0.